The molecule has 3 fully saturated rings. The number of nitrogens with zero attached hydrogens (tertiary/aromatic N) is 5. The Labute approximate surface area is 206 Å². The van der Waals surface area contributed by atoms with Gasteiger partial charge in [0.25, 0.3) is 0 Å². The van der Waals surface area contributed by atoms with Crippen LogP contribution in [-0.2, 0) is 16.1 Å². The number of piperidine rings is 1. The summed E-state index contributed by atoms with van der Waals surface area (Å²) >= 11 is 1.70. The highest BCUT2D eigenvalue weighted by Crippen LogP contribution is 2.58. The lowest BCUT2D eigenvalue weighted by Gasteiger charge is -2.46. The first-order chi connectivity index (χ1) is 16.3. The van der Waals surface area contributed by atoms with Gasteiger partial charge in [0.05, 0.1) is 12.0 Å². The third-order valence-corrected chi connectivity index (χ3v) is 8.17. The summed E-state index contributed by atoms with van der Waals surface area (Å²) in [6, 6.07) is 0.0317. The molecule has 196 valence electrons. The van der Waals surface area contributed by atoms with Crippen molar-refractivity contribution in [3.63, 3.8) is 0 Å². The number of carbonyl (C=O) groups excluding carboxylic acids is 2. The van der Waals surface area contributed by atoms with Crippen LogP contribution < -0.4 is 0 Å². The van der Waals surface area contributed by atoms with Crippen LogP contribution in [0.1, 0.15) is 31.2 Å². The van der Waals surface area contributed by atoms with Crippen LogP contribution in [0.4, 0.5) is 18.0 Å². The van der Waals surface area contributed by atoms with E-state index in [-0.39, 0.29) is 17.4 Å². The summed E-state index contributed by atoms with van der Waals surface area (Å²) < 4.78 is 31.7. The summed E-state index contributed by atoms with van der Waals surface area (Å²) in [5.41, 5.74) is -0.499. The van der Waals surface area contributed by atoms with Crippen LogP contribution in [0.2, 0.25) is 0 Å². The van der Waals surface area contributed by atoms with Gasteiger partial charge in [-0.25, -0.2) is 14.6 Å². The predicted octanol–water partition coefficient (Wildman–Crippen LogP) is 2.59. The number of alkyl halides is 3. The third kappa shape index (κ3) is 5.40. The Bertz CT molecular complexity index is 919. The van der Waals surface area contributed by atoms with Crippen LogP contribution in [0.5, 0.6) is 0 Å². The highest BCUT2D eigenvalue weighted by Gasteiger charge is 2.65. The summed E-state index contributed by atoms with van der Waals surface area (Å²) in [5.74, 6) is -2.48. The van der Waals surface area contributed by atoms with Gasteiger partial charge in [-0.3, -0.25) is 9.69 Å². The summed E-state index contributed by atoms with van der Waals surface area (Å²) in [6.07, 6.45) is -0.403. The Hall–Kier alpha value is -2.41. The lowest BCUT2D eigenvalue weighted by Crippen LogP contribution is -2.52. The number of fused-ring (bicyclic) bond motifs is 1. The van der Waals surface area contributed by atoms with Crippen molar-refractivity contribution in [3.8, 4) is 0 Å². The van der Waals surface area contributed by atoms with Crippen molar-refractivity contribution < 1.29 is 32.7 Å². The Morgan fingerprint density at radius 1 is 1.17 bits per heavy atom. The molecule has 2 spiro atoms. The Morgan fingerprint density at radius 3 is 2.26 bits per heavy atom. The average Bonchev–Trinajstić information content (AvgIpc) is 3.49. The van der Waals surface area contributed by atoms with Crippen molar-refractivity contribution >= 4 is 29.2 Å². The number of halogens is 3. The van der Waals surface area contributed by atoms with Gasteiger partial charge in [0.1, 0.15) is 5.01 Å². The number of amides is 3. The molecule has 4 heterocycles. The first-order valence-corrected chi connectivity index (χ1v) is 12.4. The van der Waals surface area contributed by atoms with E-state index in [9.17, 15) is 22.8 Å². The van der Waals surface area contributed by atoms with Crippen molar-refractivity contribution in [2.24, 2.45) is 10.8 Å². The van der Waals surface area contributed by atoms with Gasteiger partial charge >= 0.3 is 18.2 Å². The van der Waals surface area contributed by atoms with Gasteiger partial charge < -0.3 is 19.8 Å². The van der Waals surface area contributed by atoms with Gasteiger partial charge in [0.2, 0.25) is 5.91 Å². The molecule has 0 aromatic carbocycles. The molecule has 1 unspecified atom stereocenters. The zero-order valence-corrected chi connectivity index (χ0v) is 21.0. The summed E-state index contributed by atoms with van der Waals surface area (Å²) in [7, 11) is 3.59. The quantitative estimate of drug-likeness (QED) is 0.660. The lowest BCUT2D eigenvalue weighted by atomic mass is 9.60. The molecule has 13 heteroatoms. The number of hydrogen-bond donors (Lipinski definition) is 1. The zero-order valence-electron chi connectivity index (χ0n) is 20.2. The maximum atomic E-state index is 13.5. The number of rotatable bonds is 3. The first-order valence-electron chi connectivity index (χ1n) is 11.5. The molecular formula is C22H32F3N5O4S. The second kappa shape index (κ2) is 10.3. The molecule has 3 aliphatic rings. The second-order valence-corrected chi connectivity index (χ2v) is 10.5. The maximum Gasteiger partial charge on any atom is 0.490 e. The number of hydrogen-bond acceptors (Lipinski definition) is 6. The normalized spacial score (nSPS) is 24.1. The van der Waals surface area contributed by atoms with E-state index in [2.05, 4.69) is 16.8 Å². The molecule has 0 saturated carbocycles. The van der Waals surface area contributed by atoms with Gasteiger partial charge in [-0.15, -0.1) is 11.3 Å². The van der Waals surface area contributed by atoms with Crippen molar-refractivity contribution in [3.05, 3.63) is 16.6 Å². The molecule has 1 atom stereocenters. The number of likely N-dealkylation sites (tertiary alicyclic amines) is 3. The molecule has 1 N–H and O–H groups in total. The largest absolute Gasteiger partial charge is 0.490 e. The summed E-state index contributed by atoms with van der Waals surface area (Å²) in [5, 5.41) is 10.3. The Morgan fingerprint density at radius 2 is 1.80 bits per heavy atom. The van der Waals surface area contributed by atoms with Gasteiger partial charge in [0, 0.05) is 57.3 Å². The maximum absolute atomic E-state index is 13.5. The Balaban J connectivity index is 0.000000429. The van der Waals surface area contributed by atoms with Crippen molar-refractivity contribution in [1.82, 2.24) is 24.6 Å². The van der Waals surface area contributed by atoms with Crippen LogP contribution in [0.3, 0.4) is 0 Å². The van der Waals surface area contributed by atoms with Crippen molar-refractivity contribution in [2.45, 2.75) is 38.9 Å². The van der Waals surface area contributed by atoms with E-state index in [1.54, 1.807) is 30.3 Å². The number of urea groups is 1. The van der Waals surface area contributed by atoms with Gasteiger partial charge in [-0.1, -0.05) is 0 Å². The van der Waals surface area contributed by atoms with Gasteiger partial charge in [-0.05, 0) is 39.3 Å². The smallest absolute Gasteiger partial charge is 0.475 e. The fourth-order valence-electron chi connectivity index (χ4n) is 5.56. The predicted molar refractivity (Wildman–Crippen MR) is 123 cm³/mol. The topological polar surface area (TPSA) is 97.3 Å². The second-order valence-electron chi connectivity index (χ2n) is 9.54. The number of carbonyl (C=O) groups is 3. The first kappa shape index (κ1) is 27.2. The highest BCUT2D eigenvalue weighted by atomic mass is 32.1. The zero-order chi connectivity index (χ0) is 26.0. The van der Waals surface area contributed by atoms with E-state index in [0.29, 0.717) is 13.1 Å². The lowest BCUT2D eigenvalue weighted by molar-refractivity contribution is -0.192. The van der Waals surface area contributed by atoms with Gasteiger partial charge in [0.15, 0.2) is 0 Å². The average molecular weight is 520 g/mol. The monoisotopic (exact) mass is 519 g/mol. The number of carboxylic acid groups (broad SMARTS) is 1. The molecule has 35 heavy (non-hydrogen) atoms. The molecule has 3 amide bonds. The minimum absolute atomic E-state index is 0.0317. The van der Waals surface area contributed by atoms with Crippen LogP contribution in [0.25, 0.3) is 0 Å². The number of aromatic nitrogens is 1. The molecule has 4 rings (SSSR count). The molecular weight excluding hydrogens is 487 g/mol. The van der Waals surface area contributed by atoms with Crippen molar-refractivity contribution in [1.29, 1.82) is 0 Å². The van der Waals surface area contributed by atoms with E-state index in [4.69, 9.17) is 9.90 Å². The molecule has 0 bridgehead atoms. The molecule has 1 aromatic rings. The summed E-state index contributed by atoms with van der Waals surface area (Å²) in [6.45, 7) is 7.73. The minimum atomic E-state index is -5.08. The van der Waals surface area contributed by atoms with E-state index < -0.39 is 17.6 Å². The van der Waals surface area contributed by atoms with E-state index >= 15 is 0 Å². The van der Waals surface area contributed by atoms with E-state index in [1.165, 1.54) is 0 Å². The molecule has 0 radical (unpaired) electrons. The highest BCUT2D eigenvalue weighted by molar-refractivity contribution is 7.09. The molecule has 1 aromatic heterocycles. The van der Waals surface area contributed by atoms with Crippen LogP contribution in [0, 0.1) is 10.8 Å². The number of aliphatic carboxylic acids is 1. The van der Waals surface area contributed by atoms with Crippen LogP contribution >= 0.6 is 11.3 Å². The minimum Gasteiger partial charge on any atom is -0.475 e. The standard InChI is InChI=1S/C20H31N5O2S.C2HF3O2/c1-4-24-11-7-20(17(24)26)15-25(18(27)22(2)3)14-19(20)5-9-23(10-6-19)13-16-21-8-12-28-16;3-2(4,5)1(6)7/h8,12H,4-7,9-11,13-15H2,1-3H3;(H,6,7). The van der Waals surface area contributed by atoms with Crippen molar-refractivity contribution in [2.75, 3.05) is 53.4 Å². The Kier molecular flexibility index (Phi) is 7.99. The molecule has 0 aliphatic carbocycles. The number of thiazole rings is 1. The molecule has 3 saturated heterocycles. The fraction of sp³-hybridized carbons (Fsp3) is 0.727. The molecule has 9 nitrogen and oxygen atoms in total. The van der Waals surface area contributed by atoms with Gasteiger partial charge in [-0.2, -0.15) is 13.2 Å². The van der Waals surface area contributed by atoms with Crippen LogP contribution in [-0.4, -0.2) is 107 Å². The van der Waals surface area contributed by atoms with E-state index in [1.807, 2.05) is 21.4 Å². The number of carboxylic acids is 1. The fourth-order valence-corrected chi connectivity index (χ4v) is 6.22. The SMILES string of the molecule is CCN1CCC2(CN(C(=O)N(C)C)CC23CCN(Cc2nccs2)CC3)C1=O.O=C(O)C(F)(F)F. The third-order valence-electron chi connectivity index (χ3n) is 7.41. The molecule has 3 aliphatic heterocycles. The summed E-state index contributed by atoms with van der Waals surface area (Å²) in [4.78, 5) is 47.5. The van der Waals surface area contributed by atoms with Crippen LogP contribution in [0.15, 0.2) is 11.6 Å². The van der Waals surface area contributed by atoms with E-state index in [0.717, 1.165) is 57.0 Å².